The summed E-state index contributed by atoms with van der Waals surface area (Å²) in [5.74, 6) is -1.18. The van der Waals surface area contributed by atoms with Gasteiger partial charge in [0.05, 0.1) is 31.0 Å². The largest absolute Gasteiger partial charge is 0.507 e. The number of ketones is 1. The molecule has 1 aromatic heterocycles. The number of aliphatic hydroxyl groups is 1. The summed E-state index contributed by atoms with van der Waals surface area (Å²) in [6.45, 7) is 8.35. The van der Waals surface area contributed by atoms with Crippen LogP contribution in [0.3, 0.4) is 0 Å². The van der Waals surface area contributed by atoms with Crippen LogP contribution < -0.4 is 23.8 Å². The maximum Gasteiger partial charge on any atom is 0.350 e. The number of hydrogen-bond donors (Lipinski definition) is 1. The van der Waals surface area contributed by atoms with Gasteiger partial charge in [0.25, 0.3) is 5.78 Å². The molecule has 1 fully saturated rings. The second-order valence-electron chi connectivity index (χ2n) is 9.17. The molecule has 0 saturated carbocycles. The van der Waals surface area contributed by atoms with Crippen LogP contribution >= 0.6 is 11.3 Å². The number of thiazole rings is 1. The molecule has 1 N–H and O–H groups in total. The summed E-state index contributed by atoms with van der Waals surface area (Å²) in [6.07, 6.45) is 1.59. The summed E-state index contributed by atoms with van der Waals surface area (Å²) in [5.41, 5.74) is 0.850. The fraction of sp³-hybridized carbons (Fsp3) is 0.267. The molecule has 0 radical (unpaired) electrons. The van der Waals surface area contributed by atoms with Crippen molar-refractivity contribution in [3.8, 4) is 23.0 Å². The van der Waals surface area contributed by atoms with Crippen LogP contribution in [0.25, 0.3) is 5.76 Å². The number of esters is 1. The highest BCUT2D eigenvalue weighted by atomic mass is 32.1. The molecule has 11 nitrogen and oxygen atoms in total. The number of benzene rings is 2. The lowest BCUT2D eigenvalue weighted by Crippen LogP contribution is -2.29. The minimum atomic E-state index is -1.12. The second-order valence-corrected chi connectivity index (χ2v) is 10.1. The first-order valence-corrected chi connectivity index (χ1v) is 13.9. The predicted molar refractivity (Wildman–Crippen MR) is 154 cm³/mol. The fourth-order valence-corrected chi connectivity index (χ4v) is 5.70. The van der Waals surface area contributed by atoms with Gasteiger partial charge in [0.15, 0.2) is 28.1 Å². The number of aryl methyl sites for hydroxylation is 1. The van der Waals surface area contributed by atoms with Crippen LogP contribution in [0, 0.1) is 6.92 Å². The number of fused-ring (bicyclic) bond motifs is 1. The highest BCUT2D eigenvalue weighted by Gasteiger charge is 2.48. The van der Waals surface area contributed by atoms with Gasteiger partial charge in [-0.3, -0.25) is 14.5 Å². The molecule has 2 aliphatic heterocycles. The first kappa shape index (κ1) is 28.7. The molecular weight excluding hydrogens is 564 g/mol. The Morgan fingerprint density at radius 3 is 2.62 bits per heavy atom. The third-order valence-corrected chi connectivity index (χ3v) is 7.70. The van der Waals surface area contributed by atoms with Crippen LogP contribution in [0.5, 0.6) is 23.0 Å². The van der Waals surface area contributed by atoms with Gasteiger partial charge in [-0.2, -0.15) is 0 Å². The molecule has 3 aromatic rings. The second kappa shape index (κ2) is 12.0. The van der Waals surface area contributed by atoms with Crippen molar-refractivity contribution in [1.82, 2.24) is 4.98 Å². The van der Waals surface area contributed by atoms with E-state index >= 15 is 0 Å². The zero-order chi connectivity index (χ0) is 30.0. The number of aliphatic hydroxyl groups excluding tert-OH is 1. The quantitative estimate of drug-likeness (QED) is 0.124. The van der Waals surface area contributed by atoms with Crippen molar-refractivity contribution in [2.24, 2.45) is 0 Å². The van der Waals surface area contributed by atoms with Gasteiger partial charge in [-0.1, -0.05) is 30.1 Å². The third kappa shape index (κ3) is 5.16. The normalized spacial score (nSPS) is 17.2. The van der Waals surface area contributed by atoms with Crippen LogP contribution in [-0.2, 0) is 14.3 Å². The van der Waals surface area contributed by atoms with E-state index in [4.69, 9.17) is 23.7 Å². The molecule has 2 aliphatic rings. The van der Waals surface area contributed by atoms with Gasteiger partial charge in [0.1, 0.15) is 30.5 Å². The van der Waals surface area contributed by atoms with E-state index in [0.29, 0.717) is 54.1 Å². The SMILES string of the molecule is C=CCOc1ccc([C@@H]2C(=C(O)c3ccc4c(c3)OCCO4)C(=O)C(=O)N2c2nc(C)c(C(=O)OC)s2)cc1OCC. The molecule has 2 aromatic carbocycles. The fourth-order valence-electron chi connectivity index (χ4n) is 4.69. The number of nitrogens with zero attached hydrogens (tertiary/aromatic N) is 2. The average molecular weight is 593 g/mol. The van der Waals surface area contributed by atoms with Gasteiger partial charge in [-0.15, -0.1) is 0 Å². The first-order chi connectivity index (χ1) is 20.3. The first-order valence-electron chi connectivity index (χ1n) is 13.1. The minimum absolute atomic E-state index is 0.0890. The molecular formula is C30H28N2O9S. The standard InChI is InChI=1S/C30H28N2O9S/c1-5-11-39-19-9-7-17(14-21(19)38-6-2)24-23(25(33)18-8-10-20-22(15-18)41-13-12-40-20)26(34)28(35)32(24)30-31-16(3)27(42-30)29(36)37-4/h5,7-10,14-15,24,33H,1,6,11-13H2,2-4H3/t24-/m1/s1. The van der Waals surface area contributed by atoms with Crippen molar-refractivity contribution >= 4 is 39.9 Å². The molecule has 1 atom stereocenters. The summed E-state index contributed by atoms with van der Waals surface area (Å²) < 4.78 is 27.6. The number of ether oxygens (including phenoxy) is 5. The summed E-state index contributed by atoms with van der Waals surface area (Å²) in [5, 5.41) is 11.7. The minimum Gasteiger partial charge on any atom is -0.507 e. The van der Waals surface area contributed by atoms with E-state index in [1.165, 1.54) is 12.0 Å². The predicted octanol–water partition coefficient (Wildman–Crippen LogP) is 4.60. The molecule has 1 saturated heterocycles. The zero-order valence-electron chi connectivity index (χ0n) is 23.2. The molecule has 0 bridgehead atoms. The van der Waals surface area contributed by atoms with Gasteiger partial charge in [0.2, 0.25) is 0 Å². The third-order valence-electron chi connectivity index (χ3n) is 6.56. The molecule has 5 rings (SSSR count). The summed E-state index contributed by atoms with van der Waals surface area (Å²) in [7, 11) is 1.24. The van der Waals surface area contributed by atoms with Crippen molar-refractivity contribution in [3.63, 3.8) is 0 Å². The smallest absolute Gasteiger partial charge is 0.350 e. The Morgan fingerprint density at radius 2 is 1.90 bits per heavy atom. The number of anilines is 1. The van der Waals surface area contributed by atoms with Crippen molar-refractivity contribution in [2.75, 3.05) is 38.4 Å². The van der Waals surface area contributed by atoms with Gasteiger partial charge in [0, 0.05) is 5.56 Å². The van der Waals surface area contributed by atoms with E-state index in [9.17, 15) is 19.5 Å². The van der Waals surface area contributed by atoms with Crippen molar-refractivity contribution in [2.45, 2.75) is 19.9 Å². The number of rotatable bonds is 9. The van der Waals surface area contributed by atoms with Crippen LogP contribution in [0.1, 0.15) is 39.5 Å². The monoisotopic (exact) mass is 592 g/mol. The Balaban J connectivity index is 1.70. The maximum absolute atomic E-state index is 13.6. The number of hydrogen-bond acceptors (Lipinski definition) is 11. The number of Topliss-reactive ketones (excluding diaryl/α,β-unsaturated/α-hetero) is 1. The highest BCUT2D eigenvalue weighted by molar-refractivity contribution is 7.17. The van der Waals surface area contributed by atoms with Crippen molar-refractivity contribution < 1.29 is 43.2 Å². The van der Waals surface area contributed by atoms with Gasteiger partial charge in [-0.25, -0.2) is 9.78 Å². The van der Waals surface area contributed by atoms with Crippen LogP contribution in [0.2, 0.25) is 0 Å². The van der Waals surface area contributed by atoms with Crippen molar-refractivity contribution in [1.29, 1.82) is 0 Å². The summed E-state index contributed by atoms with van der Waals surface area (Å²) in [6, 6.07) is 8.60. The number of carbonyl (C=O) groups is 3. The molecule has 1 amide bonds. The van der Waals surface area contributed by atoms with E-state index in [-0.39, 0.29) is 27.8 Å². The van der Waals surface area contributed by atoms with E-state index < -0.39 is 29.5 Å². The highest BCUT2D eigenvalue weighted by Crippen LogP contribution is 2.46. The average Bonchev–Trinajstić information content (AvgIpc) is 3.51. The zero-order valence-corrected chi connectivity index (χ0v) is 24.0. The van der Waals surface area contributed by atoms with Crippen molar-refractivity contribution in [3.05, 3.63) is 76.3 Å². The molecule has 3 heterocycles. The van der Waals surface area contributed by atoms with Gasteiger partial charge >= 0.3 is 11.9 Å². The molecule has 0 aliphatic carbocycles. The van der Waals surface area contributed by atoms with E-state index in [0.717, 1.165) is 11.3 Å². The molecule has 0 spiro atoms. The van der Waals surface area contributed by atoms with Crippen LogP contribution in [0.4, 0.5) is 5.13 Å². The Labute approximate surface area is 245 Å². The summed E-state index contributed by atoms with van der Waals surface area (Å²) in [4.78, 5) is 45.4. The Kier molecular flexibility index (Phi) is 8.16. The molecule has 0 unspecified atom stereocenters. The Morgan fingerprint density at radius 1 is 1.14 bits per heavy atom. The Bertz CT molecular complexity index is 1610. The molecule has 42 heavy (non-hydrogen) atoms. The van der Waals surface area contributed by atoms with Gasteiger partial charge in [-0.05, 0) is 49.7 Å². The Hall–Kier alpha value is -4.84. The topological polar surface area (TPSA) is 134 Å². The lowest BCUT2D eigenvalue weighted by atomic mass is 9.95. The number of carbonyl (C=O) groups excluding carboxylic acids is 3. The molecule has 218 valence electrons. The van der Waals surface area contributed by atoms with E-state index in [1.54, 1.807) is 49.4 Å². The lowest BCUT2D eigenvalue weighted by Gasteiger charge is -2.24. The van der Waals surface area contributed by atoms with Gasteiger partial charge < -0.3 is 28.8 Å². The maximum atomic E-state index is 13.6. The van der Waals surface area contributed by atoms with Crippen LogP contribution in [-0.4, -0.2) is 61.3 Å². The molecule has 12 heteroatoms. The van der Waals surface area contributed by atoms with E-state index in [2.05, 4.69) is 11.6 Å². The van der Waals surface area contributed by atoms with E-state index in [1.807, 2.05) is 6.92 Å². The summed E-state index contributed by atoms with van der Waals surface area (Å²) >= 11 is 0.910. The van der Waals surface area contributed by atoms with Crippen LogP contribution in [0.15, 0.2) is 54.6 Å². The lowest BCUT2D eigenvalue weighted by molar-refractivity contribution is -0.132. The number of aromatic nitrogens is 1. The number of methoxy groups -OCH3 is 1. The number of amides is 1.